The third-order valence-corrected chi connectivity index (χ3v) is 9.49. The highest BCUT2D eigenvalue weighted by Crippen LogP contribution is 2.68. The Labute approximate surface area is 206 Å². The van der Waals surface area contributed by atoms with Gasteiger partial charge < -0.3 is 20.6 Å². The SMILES string of the molecule is CC1C[C@@H]2SC13C(C(=O)NC(C)(C)C)N(CCCCO)C(=O)[C@@H]3[C@@H]2C(=O)NCc1ccccc1. The standard InChI is InChI=1S/C26H37N3O4S/c1-16-14-18-19(22(31)27-15-17-10-6-5-7-11-17)20-24(33)29(12-8-9-13-30)21(26(16,20)34-18)23(32)28-25(2,3)4/h5-7,10-11,16,18-21,30H,8-9,12-15H2,1-4H3,(H,27,31)(H,28,32)/t16?,18-,19+,20-,21?,26?/m0/s1. The maximum Gasteiger partial charge on any atom is 0.244 e. The number of aliphatic hydroxyl groups is 1. The first-order valence-corrected chi connectivity index (χ1v) is 13.2. The van der Waals surface area contributed by atoms with Gasteiger partial charge in [0.2, 0.25) is 17.7 Å². The Hall–Kier alpha value is -2.06. The van der Waals surface area contributed by atoms with Crippen LogP contribution in [0.2, 0.25) is 0 Å². The number of hydrogen-bond acceptors (Lipinski definition) is 5. The van der Waals surface area contributed by atoms with Crippen molar-refractivity contribution in [3.8, 4) is 0 Å². The summed E-state index contributed by atoms with van der Waals surface area (Å²) < 4.78 is -0.606. The van der Waals surface area contributed by atoms with Crippen molar-refractivity contribution in [3.05, 3.63) is 35.9 Å². The van der Waals surface area contributed by atoms with Crippen molar-refractivity contribution >= 4 is 29.5 Å². The minimum atomic E-state index is -0.611. The number of unbranched alkanes of at least 4 members (excludes halogenated alkanes) is 1. The second-order valence-corrected chi connectivity index (χ2v) is 12.5. The van der Waals surface area contributed by atoms with E-state index >= 15 is 0 Å². The molecule has 1 spiro atoms. The molecule has 1 aromatic rings. The van der Waals surface area contributed by atoms with Crippen molar-refractivity contribution in [1.29, 1.82) is 0 Å². The number of carbonyl (C=O) groups excluding carboxylic acids is 3. The summed E-state index contributed by atoms with van der Waals surface area (Å²) in [6, 6.07) is 9.14. The van der Waals surface area contributed by atoms with Gasteiger partial charge in [0, 0.05) is 30.5 Å². The molecule has 3 heterocycles. The molecule has 3 N–H and O–H groups in total. The molecule has 6 atom stereocenters. The predicted octanol–water partition coefficient (Wildman–Crippen LogP) is 2.33. The molecule has 34 heavy (non-hydrogen) atoms. The van der Waals surface area contributed by atoms with Crippen molar-refractivity contribution < 1.29 is 19.5 Å². The van der Waals surface area contributed by atoms with Crippen LogP contribution in [0, 0.1) is 17.8 Å². The van der Waals surface area contributed by atoms with Gasteiger partial charge in [-0.05, 0) is 51.5 Å². The van der Waals surface area contributed by atoms with E-state index in [1.54, 1.807) is 16.7 Å². The van der Waals surface area contributed by atoms with Crippen LogP contribution in [0.4, 0.5) is 0 Å². The molecule has 4 rings (SSSR count). The molecule has 0 radical (unpaired) electrons. The molecule has 0 saturated carbocycles. The molecule has 3 fully saturated rings. The molecular weight excluding hydrogens is 450 g/mol. The molecule has 8 heteroatoms. The van der Waals surface area contributed by atoms with Crippen molar-refractivity contribution in [2.24, 2.45) is 17.8 Å². The lowest BCUT2D eigenvalue weighted by atomic mass is 9.65. The van der Waals surface area contributed by atoms with E-state index in [2.05, 4.69) is 17.6 Å². The Morgan fingerprint density at radius 3 is 2.53 bits per heavy atom. The Bertz CT molecular complexity index is 934. The van der Waals surface area contributed by atoms with Gasteiger partial charge in [-0.2, -0.15) is 0 Å². The number of carbonyl (C=O) groups is 3. The highest BCUT2D eigenvalue weighted by molar-refractivity contribution is 8.02. The highest BCUT2D eigenvalue weighted by atomic mass is 32.2. The topological polar surface area (TPSA) is 98.7 Å². The maximum atomic E-state index is 13.9. The Kier molecular flexibility index (Phi) is 7.02. The largest absolute Gasteiger partial charge is 0.396 e. The average Bonchev–Trinajstić information content (AvgIpc) is 3.36. The van der Waals surface area contributed by atoms with Gasteiger partial charge in [0.05, 0.1) is 16.6 Å². The fraction of sp³-hybridized carbons (Fsp3) is 0.654. The number of likely N-dealkylation sites (tertiary alicyclic amines) is 1. The van der Waals surface area contributed by atoms with Crippen LogP contribution in [0.1, 0.15) is 52.5 Å². The third-order valence-electron chi connectivity index (χ3n) is 7.41. The Balaban J connectivity index is 1.63. The second-order valence-electron chi connectivity index (χ2n) is 11.0. The van der Waals surface area contributed by atoms with Crippen molar-refractivity contribution in [2.45, 2.75) is 75.1 Å². The molecule has 3 unspecified atom stereocenters. The first-order valence-electron chi connectivity index (χ1n) is 12.3. The molecule has 186 valence electrons. The van der Waals surface area contributed by atoms with Gasteiger partial charge >= 0.3 is 0 Å². The summed E-state index contributed by atoms with van der Waals surface area (Å²) in [7, 11) is 0. The third kappa shape index (κ3) is 4.35. The smallest absolute Gasteiger partial charge is 0.244 e. The van der Waals surface area contributed by atoms with Crippen molar-refractivity contribution in [3.63, 3.8) is 0 Å². The quantitative estimate of drug-likeness (QED) is 0.489. The number of thioether (sulfide) groups is 1. The summed E-state index contributed by atoms with van der Waals surface area (Å²) in [4.78, 5) is 42.7. The van der Waals surface area contributed by atoms with Crippen LogP contribution in [0.5, 0.6) is 0 Å². The number of amides is 3. The summed E-state index contributed by atoms with van der Waals surface area (Å²) in [5, 5.41) is 15.5. The number of nitrogens with zero attached hydrogens (tertiary/aromatic N) is 1. The molecule has 3 saturated heterocycles. The van der Waals surface area contributed by atoms with Gasteiger partial charge in [-0.25, -0.2) is 0 Å². The molecule has 3 aliphatic rings. The van der Waals surface area contributed by atoms with E-state index < -0.39 is 28.2 Å². The van der Waals surface area contributed by atoms with E-state index in [1.807, 2.05) is 51.1 Å². The maximum absolute atomic E-state index is 13.9. The van der Waals surface area contributed by atoms with E-state index in [0.29, 0.717) is 25.9 Å². The van der Waals surface area contributed by atoms with E-state index in [9.17, 15) is 19.5 Å². The number of aliphatic hydroxyl groups excluding tert-OH is 1. The van der Waals surface area contributed by atoms with Crippen molar-refractivity contribution in [1.82, 2.24) is 15.5 Å². The summed E-state index contributed by atoms with van der Waals surface area (Å²) >= 11 is 1.69. The van der Waals surface area contributed by atoms with Crippen LogP contribution in [0.25, 0.3) is 0 Å². The molecule has 1 aromatic carbocycles. The first-order chi connectivity index (χ1) is 16.1. The molecule has 3 aliphatic heterocycles. The number of nitrogens with one attached hydrogen (secondary N) is 2. The monoisotopic (exact) mass is 487 g/mol. The first kappa shape index (κ1) is 25.0. The number of benzene rings is 1. The number of fused-ring (bicyclic) bond motifs is 1. The van der Waals surface area contributed by atoms with E-state index in [-0.39, 0.29) is 35.5 Å². The van der Waals surface area contributed by atoms with Gasteiger partial charge in [-0.3, -0.25) is 14.4 Å². The zero-order valence-electron chi connectivity index (χ0n) is 20.5. The normalized spacial score (nSPS) is 32.1. The van der Waals surface area contributed by atoms with Crippen LogP contribution < -0.4 is 10.6 Å². The number of hydrogen-bond donors (Lipinski definition) is 3. The summed E-state index contributed by atoms with van der Waals surface area (Å²) in [6.45, 7) is 8.83. The molecule has 3 amide bonds. The Morgan fingerprint density at radius 1 is 1.18 bits per heavy atom. The molecule has 2 bridgehead atoms. The Morgan fingerprint density at radius 2 is 1.88 bits per heavy atom. The van der Waals surface area contributed by atoms with Gasteiger partial charge in [-0.15, -0.1) is 11.8 Å². The van der Waals surface area contributed by atoms with E-state index in [4.69, 9.17) is 0 Å². The highest BCUT2D eigenvalue weighted by Gasteiger charge is 2.75. The lowest BCUT2D eigenvalue weighted by molar-refractivity contribution is -0.140. The van der Waals surface area contributed by atoms with Gasteiger partial charge in [0.15, 0.2) is 0 Å². The van der Waals surface area contributed by atoms with Gasteiger partial charge in [-0.1, -0.05) is 37.3 Å². The molecule has 0 aliphatic carbocycles. The molecular formula is C26H37N3O4S. The summed E-state index contributed by atoms with van der Waals surface area (Å²) in [5.74, 6) is -1.13. The van der Waals surface area contributed by atoms with E-state index in [1.165, 1.54) is 0 Å². The molecule has 7 nitrogen and oxygen atoms in total. The fourth-order valence-corrected chi connectivity index (χ4v) is 8.52. The van der Waals surface area contributed by atoms with Gasteiger partial charge in [0.25, 0.3) is 0 Å². The fourth-order valence-electron chi connectivity index (χ4n) is 6.09. The van der Waals surface area contributed by atoms with Crippen LogP contribution in [0.15, 0.2) is 30.3 Å². The number of rotatable bonds is 8. The lowest BCUT2D eigenvalue weighted by Crippen LogP contribution is -2.59. The van der Waals surface area contributed by atoms with Crippen LogP contribution >= 0.6 is 11.8 Å². The second kappa shape index (κ2) is 9.53. The predicted molar refractivity (Wildman–Crippen MR) is 133 cm³/mol. The van der Waals surface area contributed by atoms with Crippen molar-refractivity contribution in [2.75, 3.05) is 13.2 Å². The minimum absolute atomic E-state index is 0.0317. The van der Waals surface area contributed by atoms with Gasteiger partial charge in [0.1, 0.15) is 6.04 Å². The molecule has 0 aromatic heterocycles. The lowest BCUT2D eigenvalue weighted by Gasteiger charge is -2.39. The zero-order valence-corrected chi connectivity index (χ0v) is 21.4. The van der Waals surface area contributed by atoms with Crippen LogP contribution in [-0.4, -0.2) is 62.5 Å². The van der Waals surface area contributed by atoms with E-state index in [0.717, 1.165) is 12.0 Å². The van der Waals surface area contributed by atoms with Crippen LogP contribution in [0.3, 0.4) is 0 Å². The summed E-state index contributed by atoms with van der Waals surface area (Å²) in [6.07, 6.45) is 2.01. The summed E-state index contributed by atoms with van der Waals surface area (Å²) in [5.41, 5.74) is 0.586. The minimum Gasteiger partial charge on any atom is -0.396 e. The van der Waals surface area contributed by atoms with Crippen LogP contribution in [-0.2, 0) is 20.9 Å². The zero-order chi connectivity index (χ0) is 24.7. The average molecular weight is 488 g/mol.